The largest absolute Gasteiger partial charge is 0.328 e. The summed E-state index contributed by atoms with van der Waals surface area (Å²) in [6, 6.07) is 8.08. The van der Waals surface area contributed by atoms with E-state index in [4.69, 9.17) is 0 Å². The summed E-state index contributed by atoms with van der Waals surface area (Å²) in [5, 5.41) is 4.08. The quantitative estimate of drug-likeness (QED) is 0.798. The molecule has 3 heterocycles. The van der Waals surface area contributed by atoms with Crippen LogP contribution in [0.1, 0.15) is 44.1 Å². The monoisotopic (exact) mass is 381 g/mol. The number of nitrogens with zero attached hydrogens (tertiary/aromatic N) is 5. The van der Waals surface area contributed by atoms with E-state index in [1.165, 1.54) is 11.9 Å². The van der Waals surface area contributed by atoms with Crippen molar-refractivity contribution in [1.82, 2.24) is 19.7 Å². The Hall–Kier alpha value is -2.70. The van der Waals surface area contributed by atoms with Crippen molar-refractivity contribution in [2.45, 2.75) is 57.5 Å². The van der Waals surface area contributed by atoms with Gasteiger partial charge in [-0.15, -0.1) is 0 Å². The highest BCUT2D eigenvalue weighted by Crippen LogP contribution is 2.40. The molecule has 2 amide bonds. The van der Waals surface area contributed by atoms with E-state index in [1.807, 2.05) is 41.0 Å². The van der Waals surface area contributed by atoms with Crippen molar-refractivity contribution in [3.05, 3.63) is 42.5 Å². The lowest BCUT2D eigenvalue weighted by Gasteiger charge is -2.44. The number of aryl methyl sites for hydroxylation is 2. The fourth-order valence-corrected chi connectivity index (χ4v) is 4.56. The van der Waals surface area contributed by atoms with Crippen LogP contribution in [0.15, 0.2) is 36.9 Å². The van der Waals surface area contributed by atoms with E-state index in [1.54, 1.807) is 11.0 Å². The van der Waals surface area contributed by atoms with Gasteiger partial charge < -0.3 is 9.80 Å². The molecule has 1 atom stereocenters. The SMILES string of the molecule is Cc1ccc(N2CCCC3(CCCN3C(=O)CCCn3cncn3)C2=O)cc1. The molecular weight excluding hydrogens is 354 g/mol. The zero-order valence-corrected chi connectivity index (χ0v) is 16.4. The molecular formula is C21H27N5O2. The van der Waals surface area contributed by atoms with Crippen molar-refractivity contribution in [2.75, 3.05) is 18.0 Å². The molecule has 148 valence electrons. The minimum atomic E-state index is -0.659. The Morgan fingerprint density at radius 3 is 2.61 bits per heavy atom. The maximum atomic E-state index is 13.5. The number of hydrogen-bond acceptors (Lipinski definition) is 4. The summed E-state index contributed by atoms with van der Waals surface area (Å²) in [5.74, 6) is 0.168. The first-order valence-corrected chi connectivity index (χ1v) is 10.1. The van der Waals surface area contributed by atoms with Crippen LogP contribution in [-0.4, -0.2) is 50.1 Å². The molecule has 0 bridgehead atoms. The van der Waals surface area contributed by atoms with E-state index in [0.29, 0.717) is 25.9 Å². The average Bonchev–Trinajstić information content (AvgIpc) is 3.35. The van der Waals surface area contributed by atoms with Crippen LogP contribution in [0, 0.1) is 6.92 Å². The van der Waals surface area contributed by atoms with Crippen LogP contribution < -0.4 is 4.90 Å². The molecule has 2 saturated heterocycles. The van der Waals surface area contributed by atoms with Gasteiger partial charge in [-0.2, -0.15) is 5.10 Å². The molecule has 7 heteroatoms. The summed E-state index contributed by atoms with van der Waals surface area (Å²) < 4.78 is 1.73. The molecule has 2 aromatic rings. The molecule has 2 fully saturated rings. The predicted octanol–water partition coefficient (Wildman–Crippen LogP) is 2.55. The van der Waals surface area contributed by atoms with Crippen LogP contribution >= 0.6 is 0 Å². The number of carbonyl (C=O) groups is 2. The summed E-state index contributed by atoms with van der Waals surface area (Å²) in [4.78, 5) is 34.2. The van der Waals surface area contributed by atoms with Crippen molar-refractivity contribution >= 4 is 17.5 Å². The topological polar surface area (TPSA) is 71.3 Å². The van der Waals surface area contributed by atoms with E-state index >= 15 is 0 Å². The molecule has 0 radical (unpaired) electrons. The lowest BCUT2D eigenvalue weighted by molar-refractivity contribution is -0.145. The van der Waals surface area contributed by atoms with E-state index in [9.17, 15) is 9.59 Å². The van der Waals surface area contributed by atoms with E-state index in [2.05, 4.69) is 10.1 Å². The van der Waals surface area contributed by atoms with Crippen molar-refractivity contribution in [3.8, 4) is 0 Å². The number of piperidine rings is 1. The fraction of sp³-hybridized carbons (Fsp3) is 0.524. The highest BCUT2D eigenvalue weighted by molar-refractivity contribution is 6.03. The highest BCUT2D eigenvalue weighted by Gasteiger charge is 2.52. The lowest BCUT2D eigenvalue weighted by Crippen LogP contribution is -2.61. The molecule has 28 heavy (non-hydrogen) atoms. The van der Waals surface area contributed by atoms with Gasteiger partial charge in [0.25, 0.3) is 5.91 Å². The molecule has 1 unspecified atom stereocenters. The van der Waals surface area contributed by atoms with Crippen molar-refractivity contribution in [1.29, 1.82) is 0 Å². The first-order chi connectivity index (χ1) is 13.6. The van der Waals surface area contributed by atoms with Gasteiger partial charge in [0, 0.05) is 31.7 Å². The average molecular weight is 381 g/mol. The van der Waals surface area contributed by atoms with Crippen LogP contribution in [0.25, 0.3) is 0 Å². The van der Waals surface area contributed by atoms with E-state index in [0.717, 1.165) is 37.9 Å². The van der Waals surface area contributed by atoms with Crippen LogP contribution in [-0.2, 0) is 16.1 Å². The Kier molecular flexibility index (Phi) is 5.15. The zero-order chi connectivity index (χ0) is 19.6. The molecule has 0 N–H and O–H groups in total. The van der Waals surface area contributed by atoms with E-state index < -0.39 is 5.54 Å². The van der Waals surface area contributed by atoms with E-state index in [-0.39, 0.29) is 11.8 Å². The van der Waals surface area contributed by atoms with Gasteiger partial charge in [-0.1, -0.05) is 17.7 Å². The van der Waals surface area contributed by atoms with Crippen molar-refractivity contribution in [2.24, 2.45) is 0 Å². The Labute approximate surface area is 165 Å². The summed E-state index contributed by atoms with van der Waals surface area (Å²) in [6.07, 6.45) is 7.63. The summed E-state index contributed by atoms with van der Waals surface area (Å²) in [5.41, 5.74) is 1.45. The molecule has 1 aromatic heterocycles. The van der Waals surface area contributed by atoms with Crippen LogP contribution in [0.3, 0.4) is 0 Å². The standard InChI is InChI=1S/C21H27N5O2/c1-17-6-8-18(9-7-17)25-13-3-10-21(20(25)28)11-4-14-26(21)19(27)5-2-12-24-16-22-15-23-24/h6-9,15-16H,2-5,10-14H2,1H3. The van der Waals surface area contributed by atoms with Gasteiger partial charge in [0.1, 0.15) is 18.2 Å². The van der Waals surface area contributed by atoms with Gasteiger partial charge in [0.15, 0.2) is 0 Å². The first kappa shape index (κ1) is 18.7. The summed E-state index contributed by atoms with van der Waals surface area (Å²) in [7, 11) is 0. The molecule has 1 spiro atoms. The molecule has 4 rings (SSSR count). The molecule has 0 saturated carbocycles. The van der Waals surface area contributed by atoms with Gasteiger partial charge in [0.05, 0.1) is 0 Å². The molecule has 1 aromatic carbocycles. The second kappa shape index (κ2) is 7.73. The number of likely N-dealkylation sites (tertiary alicyclic amines) is 1. The van der Waals surface area contributed by atoms with Crippen LogP contribution in [0.5, 0.6) is 0 Å². The minimum absolute atomic E-state index is 0.0803. The van der Waals surface area contributed by atoms with Crippen molar-refractivity contribution in [3.63, 3.8) is 0 Å². The predicted molar refractivity (Wildman–Crippen MR) is 106 cm³/mol. The Balaban J connectivity index is 1.47. The van der Waals surface area contributed by atoms with Crippen molar-refractivity contribution < 1.29 is 9.59 Å². The van der Waals surface area contributed by atoms with Gasteiger partial charge in [-0.25, -0.2) is 4.98 Å². The van der Waals surface area contributed by atoms with Gasteiger partial charge >= 0.3 is 0 Å². The number of amides is 2. The number of hydrogen-bond donors (Lipinski definition) is 0. The third-order valence-corrected chi connectivity index (χ3v) is 6.00. The number of aromatic nitrogens is 3. The lowest BCUT2D eigenvalue weighted by atomic mass is 9.84. The van der Waals surface area contributed by atoms with Crippen LogP contribution in [0.4, 0.5) is 5.69 Å². The third kappa shape index (κ3) is 3.41. The first-order valence-electron chi connectivity index (χ1n) is 10.1. The highest BCUT2D eigenvalue weighted by atomic mass is 16.2. The number of carbonyl (C=O) groups excluding carboxylic acids is 2. The second-order valence-corrected chi connectivity index (χ2v) is 7.84. The Morgan fingerprint density at radius 2 is 1.89 bits per heavy atom. The number of benzene rings is 1. The zero-order valence-electron chi connectivity index (χ0n) is 16.4. The second-order valence-electron chi connectivity index (χ2n) is 7.84. The third-order valence-electron chi connectivity index (χ3n) is 6.00. The van der Waals surface area contributed by atoms with Gasteiger partial charge in [-0.3, -0.25) is 14.3 Å². The van der Waals surface area contributed by atoms with Gasteiger partial charge in [-0.05, 0) is 51.2 Å². The molecule has 2 aliphatic heterocycles. The molecule has 2 aliphatic rings. The normalized spacial score (nSPS) is 22.2. The number of anilines is 1. The maximum Gasteiger partial charge on any atom is 0.252 e. The van der Waals surface area contributed by atoms with Gasteiger partial charge in [0.2, 0.25) is 5.91 Å². The minimum Gasteiger partial charge on any atom is -0.328 e. The van der Waals surface area contributed by atoms with Crippen LogP contribution in [0.2, 0.25) is 0 Å². The Bertz CT molecular complexity index is 833. The maximum absolute atomic E-state index is 13.5. The smallest absolute Gasteiger partial charge is 0.252 e. The Morgan fingerprint density at radius 1 is 1.14 bits per heavy atom. The summed E-state index contributed by atoms with van der Waals surface area (Å²) >= 11 is 0. The molecule has 7 nitrogen and oxygen atoms in total. The molecule has 0 aliphatic carbocycles. The fourth-order valence-electron chi connectivity index (χ4n) is 4.56. The number of rotatable bonds is 5. The summed E-state index contributed by atoms with van der Waals surface area (Å²) in [6.45, 7) is 4.10.